The molecule has 0 atom stereocenters. The molecular weight excluding hydrogens is 290 g/mol. The maximum absolute atomic E-state index is 5.12. The summed E-state index contributed by atoms with van der Waals surface area (Å²) in [6, 6.07) is 23.9. The first-order chi connectivity index (χ1) is 11.7. The number of fused-ring (bicyclic) bond motifs is 6. The summed E-state index contributed by atoms with van der Waals surface area (Å²) in [5.41, 5.74) is 4.80. The Morgan fingerprint density at radius 3 is 1.42 bits per heavy atom. The number of hydrogen-bond donors (Lipinski definition) is 0. The lowest BCUT2D eigenvalue weighted by Crippen LogP contribution is -1.90. The van der Waals surface area contributed by atoms with Crippen LogP contribution < -0.4 is 0 Å². The van der Waals surface area contributed by atoms with Crippen LogP contribution >= 0.6 is 0 Å². The molecule has 1 aromatic heterocycles. The van der Waals surface area contributed by atoms with Crippen LogP contribution in [0.1, 0.15) is 11.1 Å². The smallest absolute Gasteiger partial charge is 0.0788 e. The van der Waals surface area contributed by atoms with Gasteiger partial charge in [-0.3, -0.25) is 0 Å². The Hall–Kier alpha value is -2.93. The fourth-order valence-corrected chi connectivity index (χ4v) is 3.89. The van der Waals surface area contributed by atoms with Crippen LogP contribution in [0, 0.1) is 13.8 Å². The van der Waals surface area contributed by atoms with E-state index in [0.717, 1.165) is 11.0 Å². The molecule has 24 heavy (non-hydrogen) atoms. The van der Waals surface area contributed by atoms with Gasteiger partial charge >= 0.3 is 0 Å². The van der Waals surface area contributed by atoms with Crippen molar-refractivity contribution in [2.45, 2.75) is 13.8 Å². The summed E-state index contributed by atoms with van der Waals surface area (Å²) in [6.07, 6.45) is 0. The van der Waals surface area contributed by atoms with Gasteiger partial charge in [0.2, 0.25) is 0 Å². The molecule has 0 fully saturated rings. The average molecular weight is 307 g/mol. The highest BCUT2D eigenvalue weighted by atomic mass is 14.7. The minimum atomic E-state index is 1.10. The second-order valence-corrected chi connectivity index (χ2v) is 6.61. The molecule has 0 aliphatic rings. The van der Waals surface area contributed by atoms with Gasteiger partial charge in [-0.15, -0.1) is 0 Å². The van der Waals surface area contributed by atoms with E-state index in [1.807, 2.05) is 0 Å². The Kier molecular flexibility index (Phi) is 2.69. The fourth-order valence-electron chi connectivity index (χ4n) is 3.89. The van der Waals surface area contributed by atoms with Crippen LogP contribution in [0.2, 0.25) is 0 Å². The lowest BCUT2D eigenvalue weighted by molar-refractivity contribution is 1.48. The Bertz CT molecular complexity index is 1170. The lowest BCUT2D eigenvalue weighted by atomic mass is 9.97. The van der Waals surface area contributed by atoms with Crippen molar-refractivity contribution in [2.24, 2.45) is 0 Å². The van der Waals surface area contributed by atoms with Crippen LogP contribution in [0.15, 0.2) is 66.7 Å². The van der Waals surface area contributed by atoms with Crippen molar-refractivity contribution in [1.29, 1.82) is 0 Å². The van der Waals surface area contributed by atoms with Crippen LogP contribution in [-0.4, -0.2) is 4.98 Å². The summed E-state index contributed by atoms with van der Waals surface area (Å²) < 4.78 is 0. The van der Waals surface area contributed by atoms with Crippen molar-refractivity contribution in [1.82, 2.24) is 4.98 Å². The van der Waals surface area contributed by atoms with E-state index in [9.17, 15) is 0 Å². The van der Waals surface area contributed by atoms with Gasteiger partial charge in [0.25, 0.3) is 0 Å². The first-order valence-corrected chi connectivity index (χ1v) is 8.33. The van der Waals surface area contributed by atoms with Gasteiger partial charge in [0, 0.05) is 21.5 Å². The molecule has 0 saturated heterocycles. The van der Waals surface area contributed by atoms with Gasteiger partial charge in [-0.25, -0.2) is 4.98 Å². The molecule has 1 heteroatoms. The molecule has 5 aromatic rings. The summed E-state index contributed by atoms with van der Waals surface area (Å²) in [4.78, 5) is 5.12. The zero-order valence-corrected chi connectivity index (χ0v) is 13.8. The largest absolute Gasteiger partial charge is 0.246 e. The van der Waals surface area contributed by atoms with Crippen LogP contribution in [0.25, 0.3) is 43.4 Å². The second kappa shape index (κ2) is 4.78. The Balaban J connectivity index is 2.06. The van der Waals surface area contributed by atoms with Gasteiger partial charge in [0.05, 0.1) is 11.0 Å². The van der Waals surface area contributed by atoms with Crippen molar-refractivity contribution < 1.29 is 0 Å². The van der Waals surface area contributed by atoms with Crippen LogP contribution in [0.3, 0.4) is 0 Å². The van der Waals surface area contributed by atoms with Gasteiger partial charge in [0.1, 0.15) is 0 Å². The fraction of sp³-hybridized carbons (Fsp3) is 0.0870. The third-order valence-electron chi connectivity index (χ3n) is 5.04. The molecular formula is C23H17N. The average Bonchev–Trinajstić information content (AvgIpc) is 2.61. The summed E-state index contributed by atoms with van der Waals surface area (Å²) in [7, 11) is 0. The van der Waals surface area contributed by atoms with E-state index >= 15 is 0 Å². The normalized spacial score (nSPS) is 11.8. The Morgan fingerprint density at radius 2 is 0.958 bits per heavy atom. The molecule has 1 nitrogen and oxygen atoms in total. The third-order valence-corrected chi connectivity index (χ3v) is 5.04. The van der Waals surface area contributed by atoms with Crippen LogP contribution in [-0.2, 0) is 0 Å². The molecule has 4 aromatic carbocycles. The monoisotopic (exact) mass is 307 g/mol. The number of benzene rings is 4. The van der Waals surface area contributed by atoms with Crippen molar-refractivity contribution >= 4 is 43.4 Å². The molecule has 0 amide bonds. The van der Waals surface area contributed by atoms with E-state index < -0.39 is 0 Å². The molecule has 0 bridgehead atoms. The van der Waals surface area contributed by atoms with Gasteiger partial charge in [0.15, 0.2) is 0 Å². The number of hydrogen-bond acceptors (Lipinski definition) is 1. The highest BCUT2D eigenvalue weighted by Crippen LogP contribution is 2.33. The Labute approximate surface area is 140 Å². The first-order valence-electron chi connectivity index (χ1n) is 8.33. The molecule has 0 saturated carbocycles. The summed E-state index contributed by atoms with van der Waals surface area (Å²) in [5.74, 6) is 0. The van der Waals surface area contributed by atoms with Gasteiger partial charge in [-0.1, -0.05) is 48.5 Å². The molecule has 0 aliphatic carbocycles. The predicted molar refractivity (Wildman–Crippen MR) is 104 cm³/mol. The molecule has 0 unspecified atom stereocenters. The third kappa shape index (κ3) is 1.78. The number of nitrogens with zero attached hydrogens (tertiary/aromatic N) is 1. The summed E-state index contributed by atoms with van der Waals surface area (Å²) in [5, 5.41) is 7.47. The molecule has 0 N–H and O–H groups in total. The summed E-state index contributed by atoms with van der Waals surface area (Å²) in [6.45, 7) is 4.36. The maximum atomic E-state index is 5.12. The van der Waals surface area contributed by atoms with Crippen molar-refractivity contribution in [2.75, 3.05) is 0 Å². The molecule has 114 valence electrons. The maximum Gasteiger partial charge on any atom is 0.0788 e. The van der Waals surface area contributed by atoms with E-state index in [1.54, 1.807) is 0 Å². The quantitative estimate of drug-likeness (QED) is 0.241. The van der Waals surface area contributed by atoms with E-state index in [-0.39, 0.29) is 0 Å². The molecule has 1 heterocycles. The van der Waals surface area contributed by atoms with Crippen molar-refractivity contribution in [3.63, 3.8) is 0 Å². The predicted octanol–water partition coefficient (Wildman–Crippen LogP) is 6.31. The lowest BCUT2D eigenvalue weighted by Gasteiger charge is -2.11. The number of pyridine rings is 1. The zero-order valence-electron chi connectivity index (χ0n) is 13.8. The van der Waals surface area contributed by atoms with E-state index in [1.165, 1.54) is 43.4 Å². The number of aromatic nitrogens is 1. The van der Waals surface area contributed by atoms with E-state index in [2.05, 4.69) is 80.6 Å². The molecule has 0 radical (unpaired) electrons. The van der Waals surface area contributed by atoms with Gasteiger partial charge in [-0.2, -0.15) is 0 Å². The Morgan fingerprint density at radius 1 is 0.542 bits per heavy atom. The minimum absolute atomic E-state index is 1.10. The van der Waals surface area contributed by atoms with Crippen molar-refractivity contribution in [3.05, 3.63) is 77.9 Å². The summed E-state index contributed by atoms with van der Waals surface area (Å²) >= 11 is 0. The van der Waals surface area contributed by atoms with Crippen LogP contribution in [0.4, 0.5) is 0 Å². The van der Waals surface area contributed by atoms with Gasteiger partial charge < -0.3 is 0 Å². The van der Waals surface area contributed by atoms with E-state index in [0.29, 0.717) is 0 Å². The minimum Gasteiger partial charge on any atom is -0.246 e. The second-order valence-electron chi connectivity index (χ2n) is 6.61. The standard InChI is InChI=1S/C23H17N/c1-14-11-16-13-17-12-15(2)19-8-4-6-10-21(19)23(17)24-22(16)20-9-5-3-7-18(14)20/h3-13H,1-2H3. The van der Waals surface area contributed by atoms with Crippen LogP contribution in [0.5, 0.6) is 0 Å². The zero-order chi connectivity index (χ0) is 16.3. The molecule has 0 spiro atoms. The van der Waals surface area contributed by atoms with E-state index in [4.69, 9.17) is 4.98 Å². The topological polar surface area (TPSA) is 12.9 Å². The highest BCUT2D eigenvalue weighted by molar-refractivity contribution is 6.14. The number of rotatable bonds is 0. The highest BCUT2D eigenvalue weighted by Gasteiger charge is 2.10. The molecule has 0 aliphatic heterocycles. The first kappa shape index (κ1) is 13.5. The number of aryl methyl sites for hydroxylation is 2. The van der Waals surface area contributed by atoms with Crippen molar-refractivity contribution in [3.8, 4) is 0 Å². The van der Waals surface area contributed by atoms with Gasteiger partial charge in [-0.05, 0) is 53.9 Å². The molecule has 5 rings (SSSR count). The SMILES string of the molecule is Cc1cc2cc3cc(C)c4ccccc4c3nc2c2ccccc12.